The van der Waals surface area contributed by atoms with E-state index in [4.69, 9.17) is 0 Å². The summed E-state index contributed by atoms with van der Waals surface area (Å²) in [5.41, 5.74) is 4.45. The van der Waals surface area contributed by atoms with Crippen LogP contribution in [0.3, 0.4) is 0 Å². The molecule has 0 saturated heterocycles. The van der Waals surface area contributed by atoms with Crippen molar-refractivity contribution in [1.82, 2.24) is 9.97 Å². The molecule has 3 heteroatoms. The van der Waals surface area contributed by atoms with Crippen LogP contribution >= 0.6 is 15.9 Å². The van der Waals surface area contributed by atoms with Gasteiger partial charge in [0.1, 0.15) is 6.33 Å². The van der Waals surface area contributed by atoms with Crippen molar-refractivity contribution in [3.05, 3.63) is 71.6 Å². The van der Waals surface area contributed by atoms with Crippen molar-refractivity contribution >= 4 is 15.9 Å². The second-order valence-electron chi connectivity index (χ2n) is 4.18. The molecule has 0 aliphatic heterocycles. The lowest BCUT2D eigenvalue weighted by Crippen LogP contribution is -1.84. The molecule has 0 aliphatic carbocycles. The van der Waals surface area contributed by atoms with Crippen LogP contribution in [0.1, 0.15) is 0 Å². The van der Waals surface area contributed by atoms with Crippen LogP contribution in [0, 0.1) is 0 Å². The first-order valence-corrected chi connectivity index (χ1v) is 6.74. The van der Waals surface area contributed by atoms with Gasteiger partial charge in [-0.1, -0.05) is 52.3 Å². The SMILES string of the molecule is Brc1ccc(-c2ccc(-c3ccncn3)cc2)cc1. The maximum Gasteiger partial charge on any atom is 0.116 e. The van der Waals surface area contributed by atoms with Crippen LogP contribution in [-0.2, 0) is 0 Å². The highest BCUT2D eigenvalue weighted by molar-refractivity contribution is 9.10. The average molecular weight is 311 g/mol. The Morgan fingerprint density at radius 2 is 1.26 bits per heavy atom. The molecular formula is C16H11BrN2. The van der Waals surface area contributed by atoms with E-state index in [2.05, 4.69) is 62.3 Å². The number of rotatable bonds is 2. The molecule has 19 heavy (non-hydrogen) atoms. The van der Waals surface area contributed by atoms with Gasteiger partial charge in [0.05, 0.1) is 5.69 Å². The predicted octanol–water partition coefficient (Wildman–Crippen LogP) is 4.57. The predicted molar refractivity (Wildman–Crippen MR) is 80.6 cm³/mol. The number of nitrogens with zero attached hydrogens (tertiary/aromatic N) is 2. The Hall–Kier alpha value is -2.00. The lowest BCUT2D eigenvalue weighted by Gasteiger charge is -2.04. The molecule has 3 rings (SSSR count). The number of hydrogen-bond acceptors (Lipinski definition) is 2. The Bertz CT molecular complexity index is 661. The smallest absolute Gasteiger partial charge is 0.116 e. The van der Waals surface area contributed by atoms with Crippen LogP contribution in [-0.4, -0.2) is 9.97 Å². The van der Waals surface area contributed by atoms with Crippen LogP contribution in [0.15, 0.2) is 71.6 Å². The molecule has 2 aromatic carbocycles. The van der Waals surface area contributed by atoms with Gasteiger partial charge in [-0.25, -0.2) is 9.97 Å². The highest BCUT2D eigenvalue weighted by Gasteiger charge is 2.00. The standard InChI is InChI=1S/C16H11BrN2/c17-15-7-5-13(6-8-15)12-1-3-14(4-2-12)16-9-10-18-11-19-16/h1-11H. The molecule has 0 aliphatic rings. The molecule has 0 fully saturated rings. The van der Waals surface area contributed by atoms with Crippen molar-refractivity contribution in [3.8, 4) is 22.4 Å². The molecule has 3 aromatic rings. The number of benzene rings is 2. The Kier molecular flexibility index (Phi) is 3.38. The molecule has 1 aromatic heterocycles. The minimum atomic E-state index is 0.942. The number of halogens is 1. The summed E-state index contributed by atoms with van der Waals surface area (Å²) in [5.74, 6) is 0. The maximum absolute atomic E-state index is 4.25. The van der Waals surface area contributed by atoms with Gasteiger partial charge < -0.3 is 0 Å². The summed E-state index contributed by atoms with van der Waals surface area (Å²) in [4.78, 5) is 8.17. The lowest BCUT2D eigenvalue weighted by molar-refractivity contribution is 1.17. The zero-order chi connectivity index (χ0) is 13.1. The van der Waals surface area contributed by atoms with E-state index < -0.39 is 0 Å². The summed E-state index contributed by atoms with van der Waals surface area (Å²) in [5, 5.41) is 0. The monoisotopic (exact) mass is 310 g/mol. The van der Waals surface area contributed by atoms with Gasteiger partial charge in [-0.05, 0) is 29.3 Å². The molecule has 0 atom stereocenters. The normalized spacial score (nSPS) is 10.4. The first kappa shape index (κ1) is 12.1. The number of aromatic nitrogens is 2. The van der Waals surface area contributed by atoms with Crippen molar-refractivity contribution in [1.29, 1.82) is 0 Å². The summed E-state index contributed by atoms with van der Waals surface area (Å²) in [7, 11) is 0. The average Bonchev–Trinajstić information content (AvgIpc) is 2.49. The summed E-state index contributed by atoms with van der Waals surface area (Å²) in [6, 6.07) is 18.6. The van der Waals surface area contributed by atoms with Crippen LogP contribution in [0.4, 0.5) is 0 Å². The van der Waals surface area contributed by atoms with Crippen LogP contribution in [0.25, 0.3) is 22.4 Å². The lowest BCUT2D eigenvalue weighted by atomic mass is 10.0. The summed E-state index contributed by atoms with van der Waals surface area (Å²) in [6.07, 6.45) is 3.32. The third kappa shape index (κ3) is 2.71. The topological polar surface area (TPSA) is 25.8 Å². The molecular weight excluding hydrogens is 300 g/mol. The van der Waals surface area contributed by atoms with E-state index in [1.807, 2.05) is 18.2 Å². The first-order valence-electron chi connectivity index (χ1n) is 5.95. The third-order valence-corrected chi connectivity index (χ3v) is 3.47. The molecule has 2 nitrogen and oxygen atoms in total. The summed E-state index contributed by atoms with van der Waals surface area (Å²) in [6.45, 7) is 0. The van der Waals surface area contributed by atoms with Gasteiger partial charge in [-0.15, -0.1) is 0 Å². The van der Waals surface area contributed by atoms with Gasteiger partial charge in [0, 0.05) is 16.2 Å². The van der Waals surface area contributed by atoms with Gasteiger partial charge in [-0.3, -0.25) is 0 Å². The fraction of sp³-hybridized carbons (Fsp3) is 0. The first-order chi connectivity index (χ1) is 9.33. The Morgan fingerprint density at radius 1 is 0.684 bits per heavy atom. The summed E-state index contributed by atoms with van der Waals surface area (Å²) < 4.78 is 1.09. The minimum absolute atomic E-state index is 0.942. The van der Waals surface area contributed by atoms with E-state index in [0.717, 1.165) is 15.7 Å². The highest BCUT2D eigenvalue weighted by atomic mass is 79.9. The fourth-order valence-electron chi connectivity index (χ4n) is 1.94. The van der Waals surface area contributed by atoms with Crippen molar-refractivity contribution in [2.24, 2.45) is 0 Å². The van der Waals surface area contributed by atoms with E-state index in [1.165, 1.54) is 11.1 Å². The molecule has 0 bridgehead atoms. The minimum Gasteiger partial charge on any atom is -0.245 e. The Balaban J connectivity index is 1.93. The second-order valence-corrected chi connectivity index (χ2v) is 5.09. The van der Waals surface area contributed by atoms with Crippen molar-refractivity contribution in [2.45, 2.75) is 0 Å². The van der Waals surface area contributed by atoms with E-state index in [9.17, 15) is 0 Å². The van der Waals surface area contributed by atoms with Crippen LogP contribution < -0.4 is 0 Å². The fourth-order valence-corrected chi connectivity index (χ4v) is 2.20. The Labute approximate surface area is 120 Å². The summed E-state index contributed by atoms with van der Waals surface area (Å²) >= 11 is 3.45. The molecule has 0 unspecified atom stereocenters. The zero-order valence-electron chi connectivity index (χ0n) is 10.1. The second kappa shape index (κ2) is 5.33. The maximum atomic E-state index is 4.25. The van der Waals surface area contributed by atoms with Crippen LogP contribution in [0.2, 0.25) is 0 Å². The molecule has 0 amide bonds. The van der Waals surface area contributed by atoms with Gasteiger partial charge in [0.2, 0.25) is 0 Å². The van der Waals surface area contributed by atoms with Crippen molar-refractivity contribution in [2.75, 3.05) is 0 Å². The Morgan fingerprint density at radius 3 is 1.84 bits per heavy atom. The van der Waals surface area contributed by atoms with Gasteiger partial charge in [0.25, 0.3) is 0 Å². The van der Waals surface area contributed by atoms with Gasteiger partial charge in [0.15, 0.2) is 0 Å². The van der Waals surface area contributed by atoms with E-state index in [-0.39, 0.29) is 0 Å². The third-order valence-electron chi connectivity index (χ3n) is 2.94. The van der Waals surface area contributed by atoms with E-state index in [0.29, 0.717) is 0 Å². The molecule has 0 radical (unpaired) electrons. The largest absolute Gasteiger partial charge is 0.245 e. The van der Waals surface area contributed by atoms with Crippen molar-refractivity contribution < 1.29 is 0 Å². The zero-order valence-corrected chi connectivity index (χ0v) is 11.7. The highest BCUT2D eigenvalue weighted by Crippen LogP contribution is 2.24. The van der Waals surface area contributed by atoms with E-state index in [1.54, 1.807) is 12.5 Å². The van der Waals surface area contributed by atoms with Crippen molar-refractivity contribution in [3.63, 3.8) is 0 Å². The molecule has 92 valence electrons. The van der Waals surface area contributed by atoms with Crippen LogP contribution in [0.5, 0.6) is 0 Å². The molecule has 0 N–H and O–H groups in total. The van der Waals surface area contributed by atoms with Gasteiger partial charge in [-0.2, -0.15) is 0 Å². The van der Waals surface area contributed by atoms with E-state index >= 15 is 0 Å². The molecule has 0 spiro atoms. The quantitative estimate of drug-likeness (QED) is 0.692. The number of hydrogen-bond donors (Lipinski definition) is 0. The molecule has 1 heterocycles. The van der Waals surface area contributed by atoms with Gasteiger partial charge >= 0.3 is 0 Å². The molecule has 0 saturated carbocycles.